The van der Waals surface area contributed by atoms with Gasteiger partial charge >= 0.3 is 5.97 Å². The van der Waals surface area contributed by atoms with Gasteiger partial charge in [0.15, 0.2) is 0 Å². The van der Waals surface area contributed by atoms with Gasteiger partial charge in [0, 0.05) is 46.9 Å². The summed E-state index contributed by atoms with van der Waals surface area (Å²) in [6.45, 7) is 11.8. The second-order valence-corrected chi connectivity index (χ2v) is 11.1. The van der Waals surface area contributed by atoms with Crippen molar-refractivity contribution in [2.24, 2.45) is 10.9 Å². The summed E-state index contributed by atoms with van der Waals surface area (Å²) in [7, 11) is 1.58. The van der Waals surface area contributed by atoms with Crippen molar-refractivity contribution < 1.29 is 19.4 Å². The number of Topliss-reactive ketones (excluding diaryl/α,β-unsaturated/α-hetero) is 1. The van der Waals surface area contributed by atoms with Gasteiger partial charge in [0.25, 0.3) is 0 Å². The number of carboxylic acids is 1. The fraction of sp³-hybridized carbons (Fsp3) is 0.364. The number of rotatable bonds is 11. The van der Waals surface area contributed by atoms with Crippen LogP contribution in [0, 0.1) is 12.8 Å². The molecule has 4 rings (SSSR count). The lowest BCUT2D eigenvalue weighted by Crippen LogP contribution is -2.32. The van der Waals surface area contributed by atoms with E-state index in [1.165, 1.54) is 11.1 Å². The number of allylic oxidation sites excluding steroid dienone is 3. The van der Waals surface area contributed by atoms with E-state index in [1.54, 1.807) is 7.11 Å². The number of nitrogens with zero attached hydrogens (tertiary/aromatic N) is 2. The molecule has 1 aromatic heterocycles. The molecular weight excluding hydrogens is 488 g/mol. The first-order valence-corrected chi connectivity index (χ1v) is 13.5. The van der Waals surface area contributed by atoms with E-state index in [2.05, 4.69) is 46.8 Å². The Labute approximate surface area is 230 Å². The number of ketones is 1. The molecule has 1 aliphatic rings. The Morgan fingerprint density at radius 3 is 2.49 bits per heavy atom. The van der Waals surface area contributed by atoms with Gasteiger partial charge < -0.3 is 14.4 Å². The average Bonchev–Trinajstić information content (AvgIpc) is 3.25. The molecule has 1 heterocycles. The van der Waals surface area contributed by atoms with Crippen LogP contribution in [0.5, 0.6) is 0 Å². The van der Waals surface area contributed by atoms with Crippen LogP contribution in [0.15, 0.2) is 77.1 Å². The summed E-state index contributed by atoms with van der Waals surface area (Å²) in [6.07, 6.45) is 4.72. The second kappa shape index (κ2) is 11.4. The molecule has 0 amide bonds. The number of aliphatic imine (C=N–C) groups is 1. The number of aromatic nitrogens is 1. The predicted octanol–water partition coefficient (Wildman–Crippen LogP) is 6.76. The zero-order valence-corrected chi connectivity index (χ0v) is 23.7. The van der Waals surface area contributed by atoms with Gasteiger partial charge in [-0.25, -0.2) is 0 Å². The standard InChI is InChI=1S/C33H38N2O4/c1-21(2)15-17-34-28(33(4,5)26-13-9-7-11-22(26)3)19-24-31(38)30(32(24)39-6)25-20-35(18-16-29(36)37)27-14-10-8-12-23(25)27/h7-14,19-21H,15-18H2,1-6H3,(H,36,37)/b24-19+,34-28?. The number of ether oxygens (including phenoxy) is 1. The number of para-hydroxylation sites is 1. The van der Waals surface area contributed by atoms with Gasteiger partial charge in [-0.1, -0.05) is 70.2 Å². The van der Waals surface area contributed by atoms with Gasteiger partial charge in [-0.2, -0.15) is 0 Å². The number of hydrogen-bond donors (Lipinski definition) is 1. The number of benzene rings is 2. The zero-order chi connectivity index (χ0) is 28.3. The van der Waals surface area contributed by atoms with Crippen LogP contribution in [-0.2, 0) is 26.3 Å². The molecule has 2 aromatic carbocycles. The summed E-state index contributed by atoms with van der Waals surface area (Å²) in [6, 6.07) is 16.0. The van der Waals surface area contributed by atoms with Crippen LogP contribution in [0.1, 0.15) is 57.2 Å². The first kappa shape index (κ1) is 28.1. The summed E-state index contributed by atoms with van der Waals surface area (Å²) in [4.78, 5) is 30.0. The summed E-state index contributed by atoms with van der Waals surface area (Å²) in [5, 5.41) is 10.1. The first-order valence-electron chi connectivity index (χ1n) is 13.5. The van der Waals surface area contributed by atoms with Crippen LogP contribution >= 0.6 is 0 Å². The van der Waals surface area contributed by atoms with Gasteiger partial charge in [0.1, 0.15) is 5.76 Å². The molecule has 0 saturated carbocycles. The molecule has 204 valence electrons. The maximum atomic E-state index is 13.7. The molecule has 0 bridgehead atoms. The van der Waals surface area contributed by atoms with Crippen molar-refractivity contribution in [2.45, 2.75) is 59.4 Å². The number of methoxy groups -OCH3 is 1. The van der Waals surface area contributed by atoms with E-state index in [0.29, 0.717) is 35.9 Å². The number of fused-ring (bicyclic) bond motifs is 1. The Morgan fingerprint density at radius 1 is 1.13 bits per heavy atom. The second-order valence-electron chi connectivity index (χ2n) is 11.1. The smallest absolute Gasteiger partial charge is 0.305 e. The fourth-order valence-electron chi connectivity index (χ4n) is 5.26. The average molecular weight is 527 g/mol. The molecular formula is C33H38N2O4. The van der Waals surface area contributed by atoms with Crippen molar-refractivity contribution in [1.82, 2.24) is 4.57 Å². The molecule has 0 fully saturated rings. The lowest BCUT2D eigenvalue weighted by atomic mass is 9.75. The Bertz CT molecular complexity index is 1500. The largest absolute Gasteiger partial charge is 0.495 e. The highest BCUT2D eigenvalue weighted by atomic mass is 16.5. The van der Waals surface area contributed by atoms with Crippen molar-refractivity contribution >= 4 is 33.9 Å². The molecule has 1 N–H and O–H groups in total. The summed E-state index contributed by atoms with van der Waals surface area (Å²) in [5.41, 5.74) is 5.44. The van der Waals surface area contributed by atoms with Crippen LogP contribution in [0.25, 0.3) is 16.5 Å². The quantitative estimate of drug-likeness (QED) is 0.221. The highest BCUT2D eigenvalue weighted by molar-refractivity contribution is 6.41. The molecule has 39 heavy (non-hydrogen) atoms. The number of carboxylic acid groups (broad SMARTS) is 1. The van der Waals surface area contributed by atoms with E-state index in [0.717, 1.165) is 28.6 Å². The molecule has 0 atom stereocenters. The lowest BCUT2D eigenvalue weighted by Gasteiger charge is -2.30. The zero-order valence-electron chi connectivity index (χ0n) is 23.7. The van der Waals surface area contributed by atoms with Crippen molar-refractivity contribution in [3.63, 3.8) is 0 Å². The van der Waals surface area contributed by atoms with Crippen molar-refractivity contribution in [3.05, 3.63) is 88.8 Å². The maximum absolute atomic E-state index is 13.7. The Kier molecular flexibility index (Phi) is 8.24. The molecule has 0 spiro atoms. The molecule has 0 aliphatic heterocycles. The van der Waals surface area contributed by atoms with Crippen molar-refractivity contribution in [1.29, 1.82) is 0 Å². The van der Waals surface area contributed by atoms with E-state index in [4.69, 9.17) is 9.73 Å². The van der Waals surface area contributed by atoms with Crippen LogP contribution < -0.4 is 0 Å². The number of carbonyl (C=O) groups is 2. The first-order chi connectivity index (χ1) is 18.6. The van der Waals surface area contributed by atoms with Crippen molar-refractivity contribution in [3.8, 4) is 0 Å². The van der Waals surface area contributed by atoms with Crippen LogP contribution in [0.3, 0.4) is 0 Å². The number of hydrogen-bond acceptors (Lipinski definition) is 4. The summed E-state index contributed by atoms with van der Waals surface area (Å²) >= 11 is 0. The number of aryl methyl sites for hydroxylation is 2. The molecule has 6 heteroatoms. The Morgan fingerprint density at radius 2 is 1.82 bits per heavy atom. The molecule has 1 aliphatic carbocycles. The number of carbonyl (C=O) groups excluding carboxylic acids is 1. The van der Waals surface area contributed by atoms with E-state index in [1.807, 2.05) is 53.2 Å². The molecule has 3 aromatic rings. The van der Waals surface area contributed by atoms with Crippen LogP contribution in [0.2, 0.25) is 0 Å². The van der Waals surface area contributed by atoms with Gasteiger partial charge in [-0.15, -0.1) is 0 Å². The SMILES string of the molecule is COC1=C(c2cn(CCC(=O)O)c3ccccc23)C(=O)/C1=C\C(=NCCC(C)C)C(C)(C)c1ccccc1C. The molecule has 0 radical (unpaired) electrons. The molecule has 6 nitrogen and oxygen atoms in total. The summed E-state index contributed by atoms with van der Waals surface area (Å²) < 4.78 is 7.71. The third-order valence-corrected chi connectivity index (χ3v) is 7.50. The number of aliphatic carboxylic acids is 1. The lowest BCUT2D eigenvalue weighted by molar-refractivity contribution is -0.137. The predicted molar refractivity (Wildman–Crippen MR) is 157 cm³/mol. The topological polar surface area (TPSA) is 80.9 Å². The minimum Gasteiger partial charge on any atom is -0.495 e. The van der Waals surface area contributed by atoms with E-state index >= 15 is 0 Å². The Balaban J connectivity index is 1.81. The van der Waals surface area contributed by atoms with Crippen LogP contribution in [-0.4, -0.2) is 40.8 Å². The van der Waals surface area contributed by atoms with Gasteiger partial charge in [-0.3, -0.25) is 14.6 Å². The summed E-state index contributed by atoms with van der Waals surface area (Å²) in [5.74, 6) is 0.106. The third-order valence-electron chi connectivity index (χ3n) is 7.50. The Hall–Kier alpha value is -3.93. The molecule has 0 unspecified atom stereocenters. The minimum atomic E-state index is -0.864. The third kappa shape index (κ3) is 5.60. The van der Waals surface area contributed by atoms with Gasteiger partial charge in [0.2, 0.25) is 5.78 Å². The van der Waals surface area contributed by atoms with Crippen molar-refractivity contribution in [2.75, 3.05) is 13.7 Å². The highest BCUT2D eigenvalue weighted by Gasteiger charge is 2.39. The van der Waals surface area contributed by atoms with E-state index < -0.39 is 11.4 Å². The van der Waals surface area contributed by atoms with E-state index in [-0.39, 0.29) is 12.2 Å². The monoisotopic (exact) mass is 526 g/mol. The highest BCUT2D eigenvalue weighted by Crippen LogP contribution is 2.42. The fourth-order valence-corrected chi connectivity index (χ4v) is 5.26. The molecule has 0 saturated heterocycles. The normalized spacial score (nSPS) is 15.4. The van der Waals surface area contributed by atoms with Gasteiger partial charge in [-0.05, 0) is 42.5 Å². The maximum Gasteiger partial charge on any atom is 0.305 e. The van der Waals surface area contributed by atoms with Gasteiger partial charge in [0.05, 0.1) is 24.7 Å². The van der Waals surface area contributed by atoms with E-state index in [9.17, 15) is 14.7 Å². The minimum absolute atomic E-state index is 0.00240. The van der Waals surface area contributed by atoms with Crippen LogP contribution in [0.4, 0.5) is 0 Å².